The van der Waals surface area contributed by atoms with Crippen LogP contribution < -0.4 is 4.90 Å². The summed E-state index contributed by atoms with van der Waals surface area (Å²) in [6, 6.07) is 11.8. The Morgan fingerprint density at radius 3 is 2.52 bits per heavy atom. The molecule has 0 N–H and O–H groups in total. The second-order valence-corrected chi connectivity index (χ2v) is 7.84. The molecule has 1 fully saturated rings. The van der Waals surface area contributed by atoms with Crippen LogP contribution in [0.3, 0.4) is 0 Å². The molecule has 0 radical (unpaired) electrons. The van der Waals surface area contributed by atoms with E-state index in [-0.39, 0.29) is 11.3 Å². The highest BCUT2D eigenvalue weighted by molar-refractivity contribution is 7.13. The number of nitro benzene ring substituents is 1. The summed E-state index contributed by atoms with van der Waals surface area (Å²) in [4.78, 5) is 28.2. The summed E-state index contributed by atoms with van der Waals surface area (Å²) in [6.07, 6.45) is 0. The average Bonchev–Trinajstić information content (AvgIpc) is 3.28. The lowest BCUT2D eigenvalue weighted by Gasteiger charge is -2.35. The normalized spacial score (nSPS) is 14.1. The number of nitro groups is 1. The first-order valence-electron chi connectivity index (χ1n) is 8.89. The molecule has 0 saturated carbocycles. The Balaban J connectivity index is 1.44. The Morgan fingerprint density at radius 1 is 1.10 bits per heavy atom. The second kappa shape index (κ2) is 8.14. The van der Waals surface area contributed by atoms with Gasteiger partial charge in [0.05, 0.1) is 9.80 Å². The fourth-order valence-corrected chi connectivity index (χ4v) is 4.06. The number of carbonyl (C=O) groups is 1. The number of rotatable bonds is 4. The highest BCUT2D eigenvalue weighted by Gasteiger charge is 2.28. The molecule has 1 aromatic carbocycles. The number of halogens is 1. The molecule has 1 saturated heterocycles. The van der Waals surface area contributed by atoms with Crippen LogP contribution in [0.15, 0.2) is 47.8 Å². The van der Waals surface area contributed by atoms with E-state index in [2.05, 4.69) is 10.2 Å². The molecular weight excluding hydrogens is 414 g/mol. The lowest BCUT2D eigenvalue weighted by Crippen LogP contribution is -2.49. The number of anilines is 1. The number of hydrogen-bond acceptors (Lipinski definition) is 7. The van der Waals surface area contributed by atoms with Gasteiger partial charge >= 0.3 is 0 Å². The zero-order valence-electron chi connectivity index (χ0n) is 15.2. The van der Waals surface area contributed by atoms with Gasteiger partial charge in [-0.05, 0) is 35.7 Å². The largest absolute Gasteiger partial charge is 0.352 e. The zero-order valence-corrected chi connectivity index (χ0v) is 16.8. The highest BCUT2D eigenvalue weighted by atomic mass is 35.5. The molecule has 0 bridgehead atoms. The van der Waals surface area contributed by atoms with Gasteiger partial charge in [0.1, 0.15) is 11.3 Å². The van der Waals surface area contributed by atoms with Crippen LogP contribution in [0.5, 0.6) is 0 Å². The van der Waals surface area contributed by atoms with Gasteiger partial charge in [-0.3, -0.25) is 14.9 Å². The summed E-state index contributed by atoms with van der Waals surface area (Å²) >= 11 is 7.55. The molecule has 8 nitrogen and oxygen atoms in total. The minimum Gasteiger partial charge on any atom is -0.352 e. The van der Waals surface area contributed by atoms with Crippen LogP contribution >= 0.6 is 22.9 Å². The summed E-state index contributed by atoms with van der Waals surface area (Å²) in [5, 5.41) is 22.1. The van der Waals surface area contributed by atoms with E-state index in [4.69, 9.17) is 11.6 Å². The van der Waals surface area contributed by atoms with Gasteiger partial charge in [0, 0.05) is 37.3 Å². The van der Waals surface area contributed by atoms with Crippen molar-refractivity contribution in [3.05, 3.63) is 68.5 Å². The topological polar surface area (TPSA) is 92.5 Å². The van der Waals surface area contributed by atoms with Crippen LogP contribution in [0, 0.1) is 10.1 Å². The summed E-state index contributed by atoms with van der Waals surface area (Å²) in [5.74, 6) is 0.351. The molecule has 10 heteroatoms. The van der Waals surface area contributed by atoms with E-state index in [1.165, 1.54) is 18.2 Å². The molecule has 1 amide bonds. The third-order valence-corrected chi connectivity index (χ3v) is 5.83. The van der Waals surface area contributed by atoms with Gasteiger partial charge in [-0.15, -0.1) is 21.5 Å². The van der Waals surface area contributed by atoms with Crippen molar-refractivity contribution >= 4 is 40.4 Å². The van der Waals surface area contributed by atoms with E-state index in [1.807, 2.05) is 34.5 Å². The number of hydrogen-bond donors (Lipinski definition) is 0. The Kier molecular flexibility index (Phi) is 5.41. The van der Waals surface area contributed by atoms with Gasteiger partial charge in [0.25, 0.3) is 11.6 Å². The van der Waals surface area contributed by atoms with Crippen LogP contribution in [0.2, 0.25) is 5.02 Å². The molecule has 0 spiro atoms. The highest BCUT2D eigenvalue weighted by Crippen LogP contribution is 2.26. The molecular formula is C19H16ClN5O3S. The van der Waals surface area contributed by atoms with Gasteiger partial charge < -0.3 is 9.80 Å². The number of amides is 1. The molecule has 3 aromatic rings. The summed E-state index contributed by atoms with van der Waals surface area (Å²) in [5.41, 5.74) is 0.596. The smallest absolute Gasteiger partial charge is 0.282 e. The molecule has 1 aliphatic heterocycles. The molecule has 4 rings (SSSR count). The van der Waals surface area contributed by atoms with E-state index in [0.29, 0.717) is 31.2 Å². The van der Waals surface area contributed by atoms with E-state index in [9.17, 15) is 14.9 Å². The van der Waals surface area contributed by atoms with Gasteiger partial charge in [0.2, 0.25) is 0 Å². The molecule has 29 heavy (non-hydrogen) atoms. The number of carbonyl (C=O) groups excluding carboxylic acids is 1. The monoisotopic (exact) mass is 429 g/mol. The number of aromatic nitrogens is 2. The van der Waals surface area contributed by atoms with Crippen molar-refractivity contribution in [2.24, 2.45) is 0 Å². The third kappa shape index (κ3) is 4.06. The first-order chi connectivity index (χ1) is 14.0. The van der Waals surface area contributed by atoms with Gasteiger partial charge in [-0.1, -0.05) is 17.7 Å². The van der Waals surface area contributed by atoms with E-state index in [0.717, 1.165) is 16.4 Å². The van der Waals surface area contributed by atoms with E-state index in [1.54, 1.807) is 16.2 Å². The van der Waals surface area contributed by atoms with Crippen LogP contribution in [0.25, 0.3) is 10.6 Å². The first kappa shape index (κ1) is 19.3. The maximum atomic E-state index is 12.8. The SMILES string of the molecule is O=C(c1cc(Cl)ccc1[N+](=O)[O-])N1CCN(c2ccc(-c3cccs3)nn2)CC1. The molecule has 148 valence electrons. The van der Waals surface area contributed by atoms with Crippen molar-refractivity contribution in [2.45, 2.75) is 0 Å². The summed E-state index contributed by atoms with van der Waals surface area (Å²) in [6.45, 7) is 1.98. The van der Waals surface area contributed by atoms with Gasteiger partial charge in [-0.2, -0.15) is 0 Å². The van der Waals surface area contributed by atoms with Crippen LogP contribution in [-0.4, -0.2) is 52.1 Å². The first-order valence-corrected chi connectivity index (χ1v) is 10.1. The predicted molar refractivity (Wildman–Crippen MR) is 112 cm³/mol. The molecule has 3 heterocycles. The van der Waals surface area contributed by atoms with Gasteiger partial charge in [0.15, 0.2) is 5.82 Å². The zero-order chi connectivity index (χ0) is 20.4. The average molecular weight is 430 g/mol. The summed E-state index contributed by atoms with van der Waals surface area (Å²) in [7, 11) is 0. The van der Waals surface area contributed by atoms with Crippen molar-refractivity contribution in [1.29, 1.82) is 0 Å². The molecule has 0 unspecified atom stereocenters. The molecule has 0 atom stereocenters. The van der Waals surface area contributed by atoms with Crippen molar-refractivity contribution in [3.63, 3.8) is 0 Å². The fourth-order valence-electron chi connectivity index (χ4n) is 3.20. The third-order valence-electron chi connectivity index (χ3n) is 4.70. The number of thiophene rings is 1. The van der Waals surface area contributed by atoms with E-state index >= 15 is 0 Å². The predicted octanol–water partition coefficient (Wildman–Crippen LogP) is 3.73. The standard InChI is InChI=1S/C19H16ClN5O3S/c20-13-3-5-16(25(27)28)14(12-13)19(26)24-9-7-23(8-10-24)18-6-4-15(21-22-18)17-2-1-11-29-17/h1-6,11-12H,7-10H2. The molecule has 1 aliphatic rings. The molecule has 2 aromatic heterocycles. The van der Waals surface area contributed by atoms with Crippen molar-refractivity contribution in [1.82, 2.24) is 15.1 Å². The van der Waals surface area contributed by atoms with Crippen LogP contribution in [-0.2, 0) is 0 Å². The summed E-state index contributed by atoms with van der Waals surface area (Å²) < 4.78 is 0. The quantitative estimate of drug-likeness (QED) is 0.463. The van der Waals surface area contributed by atoms with Crippen LogP contribution in [0.4, 0.5) is 11.5 Å². The maximum Gasteiger partial charge on any atom is 0.282 e. The minimum absolute atomic E-state index is 0.0102. The van der Waals surface area contributed by atoms with Gasteiger partial charge in [-0.25, -0.2) is 0 Å². The lowest BCUT2D eigenvalue weighted by molar-refractivity contribution is -0.385. The second-order valence-electron chi connectivity index (χ2n) is 6.45. The van der Waals surface area contributed by atoms with E-state index < -0.39 is 10.8 Å². The van der Waals surface area contributed by atoms with Crippen LogP contribution in [0.1, 0.15) is 10.4 Å². The number of nitrogens with zero attached hydrogens (tertiary/aromatic N) is 5. The minimum atomic E-state index is -0.565. The van der Waals surface area contributed by atoms with Crippen molar-refractivity contribution in [3.8, 4) is 10.6 Å². The van der Waals surface area contributed by atoms with Crippen molar-refractivity contribution in [2.75, 3.05) is 31.1 Å². The molecule has 0 aliphatic carbocycles. The Morgan fingerprint density at radius 2 is 1.90 bits per heavy atom. The number of benzene rings is 1. The maximum absolute atomic E-state index is 12.8. The number of piperazine rings is 1. The fraction of sp³-hybridized carbons (Fsp3) is 0.211. The Hall–Kier alpha value is -3.04. The Labute approximate surface area is 175 Å². The lowest BCUT2D eigenvalue weighted by atomic mass is 10.1. The van der Waals surface area contributed by atoms with Crippen molar-refractivity contribution < 1.29 is 9.72 Å². The Bertz CT molecular complexity index is 1030.